The highest BCUT2D eigenvalue weighted by atomic mass is 35.5. The number of piperidine rings is 1. The van der Waals surface area contributed by atoms with Gasteiger partial charge in [0, 0.05) is 36.6 Å². The van der Waals surface area contributed by atoms with E-state index in [1.807, 2.05) is 11.1 Å². The van der Waals surface area contributed by atoms with E-state index in [1.165, 1.54) is 0 Å². The number of carbonyl (C=O) groups excluding carboxylic acids is 1. The number of nitrogens with one attached hydrogen (secondary N) is 1. The number of aliphatic imine (C=N–C) groups is 1. The molecule has 38 heavy (non-hydrogen) atoms. The van der Waals surface area contributed by atoms with Crippen molar-refractivity contribution in [3.63, 3.8) is 0 Å². The minimum atomic E-state index is -3.89. The first-order valence-corrected chi connectivity index (χ1v) is 15.0. The Labute approximate surface area is 227 Å². The van der Waals surface area contributed by atoms with Gasteiger partial charge in [-0.2, -0.15) is 0 Å². The van der Waals surface area contributed by atoms with E-state index in [0.717, 1.165) is 23.9 Å². The lowest BCUT2D eigenvalue weighted by atomic mass is 9.60. The van der Waals surface area contributed by atoms with E-state index in [0.29, 0.717) is 37.4 Å². The van der Waals surface area contributed by atoms with Gasteiger partial charge in [0.05, 0.1) is 34.3 Å². The molecule has 4 aliphatic rings. The van der Waals surface area contributed by atoms with Crippen LogP contribution in [-0.2, 0) is 19.4 Å². The van der Waals surface area contributed by atoms with E-state index in [2.05, 4.69) is 10.3 Å². The summed E-state index contributed by atoms with van der Waals surface area (Å²) >= 11 is 6.10. The lowest BCUT2D eigenvalue weighted by Crippen LogP contribution is -2.63. The Morgan fingerprint density at radius 2 is 1.92 bits per heavy atom. The summed E-state index contributed by atoms with van der Waals surface area (Å²) < 4.78 is 34.8. The number of halogens is 1. The molecule has 2 aromatic rings. The van der Waals surface area contributed by atoms with Gasteiger partial charge in [-0.1, -0.05) is 23.7 Å². The van der Waals surface area contributed by atoms with E-state index < -0.39 is 38.3 Å². The monoisotopic (exact) mass is 557 g/mol. The average molecular weight is 558 g/mol. The number of aliphatic hydroxyl groups is 1. The molecule has 3 unspecified atom stereocenters. The van der Waals surface area contributed by atoms with Crippen molar-refractivity contribution in [2.75, 3.05) is 32.8 Å². The van der Waals surface area contributed by atoms with Gasteiger partial charge in [-0.3, -0.25) is 9.79 Å². The molecular formula is C28H32ClN3O5S. The maximum Gasteiger partial charge on any atom is 0.181 e. The van der Waals surface area contributed by atoms with Gasteiger partial charge in [-0.05, 0) is 73.8 Å². The molecule has 0 amide bonds. The number of benzene rings is 2. The van der Waals surface area contributed by atoms with Crippen LogP contribution < -0.4 is 5.32 Å². The average Bonchev–Trinajstić information content (AvgIpc) is 3.19. The van der Waals surface area contributed by atoms with Crippen molar-refractivity contribution in [3.8, 4) is 0 Å². The van der Waals surface area contributed by atoms with E-state index in [-0.39, 0.29) is 23.5 Å². The number of rotatable bonds is 5. The van der Waals surface area contributed by atoms with Crippen LogP contribution in [0.4, 0.5) is 0 Å². The third-order valence-corrected chi connectivity index (χ3v) is 11.3. The van der Waals surface area contributed by atoms with Crippen LogP contribution in [0.1, 0.15) is 32.1 Å². The van der Waals surface area contributed by atoms with Crippen molar-refractivity contribution < 1.29 is 23.1 Å². The van der Waals surface area contributed by atoms with Crippen LogP contribution in [0.15, 0.2) is 58.7 Å². The molecule has 202 valence electrons. The number of sulfone groups is 1. The lowest BCUT2D eigenvalue weighted by Gasteiger charge is -2.49. The molecule has 0 bridgehead atoms. The number of hydrogen-bond acceptors (Lipinski definition) is 8. The summed E-state index contributed by atoms with van der Waals surface area (Å²) in [5, 5.41) is 15.5. The van der Waals surface area contributed by atoms with Crippen LogP contribution in [-0.4, -0.2) is 79.7 Å². The first-order chi connectivity index (χ1) is 18.2. The highest BCUT2D eigenvalue weighted by molar-refractivity contribution is 7.92. The minimum Gasteiger partial charge on any atom is -0.393 e. The number of ketones is 1. The maximum atomic E-state index is 14.2. The Kier molecular flexibility index (Phi) is 6.43. The summed E-state index contributed by atoms with van der Waals surface area (Å²) in [4.78, 5) is 20.5. The predicted molar refractivity (Wildman–Crippen MR) is 146 cm³/mol. The van der Waals surface area contributed by atoms with E-state index in [9.17, 15) is 18.3 Å². The molecule has 1 spiro atoms. The molecule has 3 atom stereocenters. The van der Waals surface area contributed by atoms with Crippen molar-refractivity contribution >= 4 is 44.2 Å². The molecule has 3 aliphatic heterocycles. The number of ether oxygens (including phenoxy) is 1. The molecule has 8 nitrogen and oxygen atoms in total. The molecule has 3 heterocycles. The van der Waals surface area contributed by atoms with Crippen molar-refractivity contribution in [2.24, 2.45) is 10.4 Å². The summed E-state index contributed by atoms with van der Waals surface area (Å²) in [5.41, 5.74) is -2.87. The lowest BCUT2D eigenvalue weighted by molar-refractivity contribution is -0.180. The van der Waals surface area contributed by atoms with Gasteiger partial charge < -0.3 is 20.1 Å². The zero-order valence-corrected chi connectivity index (χ0v) is 22.7. The fourth-order valence-corrected chi connectivity index (χ4v) is 9.02. The van der Waals surface area contributed by atoms with Gasteiger partial charge in [0.2, 0.25) is 0 Å². The number of carbonyl (C=O) groups is 1. The predicted octanol–water partition coefficient (Wildman–Crippen LogP) is 3.12. The minimum absolute atomic E-state index is 0.0665. The van der Waals surface area contributed by atoms with Crippen LogP contribution in [0.3, 0.4) is 0 Å². The largest absolute Gasteiger partial charge is 0.393 e. The fourth-order valence-electron chi connectivity index (χ4n) is 7.04. The van der Waals surface area contributed by atoms with E-state index in [1.54, 1.807) is 48.8 Å². The fraction of sp³-hybridized carbons (Fsp3) is 0.500. The van der Waals surface area contributed by atoms with E-state index >= 15 is 0 Å². The first kappa shape index (κ1) is 26.0. The third kappa shape index (κ3) is 4.10. The Balaban J connectivity index is 1.39. The molecule has 0 radical (unpaired) electrons. The summed E-state index contributed by atoms with van der Waals surface area (Å²) in [6, 6.07) is 10.3. The second-order valence-corrected chi connectivity index (χ2v) is 13.8. The highest BCUT2D eigenvalue weighted by Crippen LogP contribution is 2.60. The zero-order valence-electron chi connectivity index (χ0n) is 21.1. The Hall–Kier alpha value is -2.30. The summed E-state index contributed by atoms with van der Waals surface area (Å²) in [5.74, 6) is -0.148. The number of nitrogens with zero attached hydrogens (tertiary/aromatic N) is 2. The third-order valence-electron chi connectivity index (χ3n) is 8.98. The van der Waals surface area contributed by atoms with Crippen LogP contribution in [0.5, 0.6) is 0 Å². The van der Waals surface area contributed by atoms with Gasteiger partial charge >= 0.3 is 0 Å². The molecule has 2 saturated heterocycles. The van der Waals surface area contributed by atoms with Crippen molar-refractivity contribution in [3.05, 3.63) is 53.8 Å². The van der Waals surface area contributed by atoms with Gasteiger partial charge in [0.1, 0.15) is 11.4 Å². The SMILES string of the molecule is O=C1CC(S(=O)(=O)c2ccc3cc(Cl)ccc3c2)CC2(CO)OC3(CCNCC3)CC12CN1C=CN=CC1. The molecule has 2 N–H and O–H groups in total. The first-order valence-electron chi connectivity index (χ1n) is 13.1. The molecule has 3 fully saturated rings. The van der Waals surface area contributed by atoms with Crippen LogP contribution in [0, 0.1) is 5.41 Å². The topological polar surface area (TPSA) is 108 Å². The molecule has 6 rings (SSSR count). The Bertz CT molecular complexity index is 1440. The van der Waals surface area contributed by atoms with E-state index in [4.69, 9.17) is 16.3 Å². The quantitative estimate of drug-likeness (QED) is 0.581. The van der Waals surface area contributed by atoms with Crippen molar-refractivity contribution in [1.82, 2.24) is 10.2 Å². The zero-order chi connectivity index (χ0) is 26.6. The maximum absolute atomic E-state index is 14.2. The summed E-state index contributed by atoms with van der Waals surface area (Å²) in [6.45, 7) is 2.00. The smallest absolute Gasteiger partial charge is 0.181 e. The second-order valence-electron chi connectivity index (χ2n) is 11.2. The Morgan fingerprint density at radius 1 is 1.16 bits per heavy atom. The molecule has 0 aromatic heterocycles. The number of fused-ring (bicyclic) bond motifs is 2. The van der Waals surface area contributed by atoms with Gasteiger partial charge in [0.25, 0.3) is 0 Å². The van der Waals surface area contributed by atoms with Crippen LogP contribution >= 0.6 is 11.6 Å². The summed E-state index contributed by atoms with van der Waals surface area (Å²) in [6.07, 6.45) is 7.18. The number of Topliss-reactive ketones (excluding diaryl/α,β-unsaturated/α-hetero) is 1. The Morgan fingerprint density at radius 3 is 2.66 bits per heavy atom. The van der Waals surface area contributed by atoms with Crippen molar-refractivity contribution in [2.45, 2.75) is 53.5 Å². The van der Waals surface area contributed by atoms with Crippen LogP contribution in [0.25, 0.3) is 10.8 Å². The normalized spacial score (nSPS) is 30.7. The molecular weight excluding hydrogens is 526 g/mol. The molecule has 2 aromatic carbocycles. The second kappa shape index (κ2) is 9.41. The molecule has 10 heteroatoms. The molecule has 1 saturated carbocycles. The van der Waals surface area contributed by atoms with Crippen LogP contribution in [0.2, 0.25) is 5.02 Å². The standard InChI is InChI=1S/C28H32ClN3O5S/c29-22-3-1-21-14-23(4-2-20(21)13-22)38(35,36)24-15-25(34)27(18-32-11-9-31-10-12-32)17-26(5-7-30-8-6-26)37-28(27,16-24)19-33/h1-4,9-11,13-14,24,30,33H,5-8,12,15-19H2. The number of aliphatic hydroxyl groups excluding tert-OH is 1. The number of hydrogen-bond donors (Lipinski definition) is 2. The van der Waals surface area contributed by atoms with Gasteiger partial charge in [0.15, 0.2) is 9.84 Å². The molecule has 1 aliphatic carbocycles. The van der Waals surface area contributed by atoms with Crippen molar-refractivity contribution in [1.29, 1.82) is 0 Å². The van der Waals surface area contributed by atoms with Gasteiger partial charge in [-0.15, -0.1) is 0 Å². The van der Waals surface area contributed by atoms with Gasteiger partial charge in [-0.25, -0.2) is 8.42 Å². The summed E-state index contributed by atoms with van der Waals surface area (Å²) in [7, 11) is -3.89. The highest BCUT2D eigenvalue weighted by Gasteiger charge is 2.71.